The summed E-state index contributed by atoms with van der Waals surface area (Å²) < 4.78 is 20.1. The van der Waals surface area contributed by atoms with Crippen LogP contribution in [0.25, 0.3) is 11.4 Å². The van der Waals surface area contributed by atoms with Gasteiger partial charge in [-0.25, -0.2) is 4.39 Å². The van der Waals surface area contributed by atoms with Crippen molar-refractivity contribution in [3.8, 4) is 11.4 Å². The molecule has 28 heavy (non-hydrogen) atoms. The second kappa shape index (κ2) is 9.43. The van der Waals surface area contributed by atoms with Crippen LogP contribution >= 0.6 is 11.8 Å². The van der Waals surface area contributed by atoms with Gasteiger partial charge in [-0.15, -0.1) is 10.2 Å². The van der Waals surface area contributed by atoms with Crippen LogP contribution in [0.2, 0.25) is 0 Å². The molecule has 0 saturated heterocycles. The quantitative estimate of drug-likeness (QED) is 0.584. The molecule has 0 aliphatic heterocycles. The highest BCUT2D eigenvalue weighted by Gasteiger charge is 2.21. The number of aromatic nitrogens is 4. The average molecular weight is 401 g/mol. The first-order valence-corrected chi connectivity index (χ1v) is 9.52. The Morgan fingerprint density at radius 1 is 1.21 bits per heavy atom. The Kier molecular flexibility index (Phi) is 6.72. The van der Waals surface area contributed by atoms with Crippen molar-refractivity contribution in [2.75, 3.05) is 19.0 Å². The van der Waals surface area contributed by atoms with Gasteiger partial charge in [0.2, 0.25) is 5.91 Å². The number of hydrogen-bond donors (Lipinski definition) is 1. The number of amides is 1. The molecule has 0 aliphatic carbocycles. The smallest absolute Gasteiger partial charge is 0.237 e. The Labute approximate surface area is 166 Å². The second-order valence-corrected chi connectivity index (χ2v) is 7.25. The maximum Gasteiger partial charge on any atom is 0.237 e. The SMILES string of the molecule is COCCn1c(S[C@H](C)C(=O)Nc2ccc(F)cc2)nnc1-c1ccncc1. The number of methoxy groups -OCH3 is 1. The number of halogens is 1. The molecule has 0 unspecified atom stereocenters. The largest absolute Gasteiger partial charge is 0.383 e. The highest BCUT2D eigenvalue weighted by molar-refractivity contribution is 8.00. The molecule has 0 radical (unpaired) electrons. The zero-order valence-electron chi connectivity index (χ0n) is 15.5. The lowest BCUT2D eigenvalue weighted by molar-refractivity contribution is -0.115. The summed E-state index contributed by atoms with van der Waals surface area (Å²) in [5.41, 5.74) is 1.42. The van der Waals surface area contributed by atoms with E-state index in [1.54, 1.807) is 26.4 Å². The first-order chi connectivity index (χ1) is 13.6. The molecule has 1 amide bonds. The lowest BCUT2D eigenvalue weighted by Gasteiger charge is -2.13. The molecule has 3 aromatic rings. The zero-order chi connectivity index (χ0) is 19.9. The van der Waals surface area contributed by atoms with E-state index in [9.17, 15) is 9.18 Å². The Morgan fingerprint density at radius 3 is 2.61 bits per heavy atom. The van der Waals surface area contributed by atoms with Gasteiger partial charge in [0.25, 0.3) is 0 Å². The van der Waals surface area contributed by atoms with Crippen molar-refractivity contribution >= 4 is 23.4 Å². The Balaban J connectivity index is 1.75. The van der Waals surface area contributed by atoms with Gasteiger partial charge in [-0.2, -0.15) is 0 Å². The van der Waals surface area contributed by atoms with Gasteiger partial charge in [0.1, 0.15) is 5.82 Å². The molecule has 0 bridgehead atoms. The summed E-state index contributed by atoms with van der Waals surface area (Å²) in [6.45, 7) is 2.82. The van der Waals surface area contributed by atoms with Crippen LogP contribution in [0, 0.1) is 5.82 Å². The number of thioether (sulfide) groups is 1. The maximum atomic E-state index is 13.0. The van der Waals surface area contributed by atoms with E-state index >= 15 is 0 Å². The Bertz CT molecular complexity index is 918. The molecule has 1 aromatic carbocycles. The summed E-state index contributed by atoms with van der Waals surface area (Å²) in [6, 6.07) is 9.35. The first-order valence-electron chi connectivity index (χ1n) is 8.64. The molecule has 0 aliphatic rings. The van der Waals surface area contributed by atoms with Crippen LogP contribution in [0.1, 0.15) is 6.92 Å². The minimum Gasteiger partial charge on any atom is -0.383 e. The van der Waals surface area contributed by atoms with Gasteiger partial charge >= 0.3 is 0 Å². The fourth-order valence-corrected chi connectivity index (χ4v) is 3.34. The number of pyridine rings is 1. The highest BCUT2D eigenvalue weighted by atomic mass is 32.2. The number of carbonyl (C=O) groups is 1. The minimum absolute atomic E-state index is 0.205. The number of nitrogens with one attached hydrogen (secondary N) is 1. The van der Waals surface area contributed by atoms with E-state index in [0.717, 1.165) is 5.56 Å². The van der Waals surface area contributed by atoms with Crippen molar-refractivity contribution in [2.24, 2.45) is 0 Å². The van der Waals surface area contributed by atoms with Gasteiger partial charge in [0.05, 0.1) is 18.4 Å². The lowest BCUT2D eigenvalue weighted by atomic mass is 10.2. The van der Waals surface area contributed by atoms with Gasteiger partial charge in [-0.05, 0) is 43.3 Å². The Morgan fingerprint density at radius 2 is 1.93 bits per heavy atom. The molecule has 0 saturated carbocycles. The number of nitrogens with zero attached hydrogens (tertiary/aromatic N) is 4. The predicted molar refractivity (Wildman–Crippen MR) is 105 cm³/mol. The van der Waals surface area contributed by atoms with Crippen LogP contribution in [0.15, 0.2) is 53.9 Å². The van der Waals surface area contributed by atoms with Crippen LogP contribution in [0.3, 0.4) is 0 Å². The van der Waals surface area contributed by atoms with Gasteiger partial charge in [0.15, 0.2) is 11.0 Å². The van der Waals surface area contributed by atoms with Crippen molar-refractivity contribution < 1.29 is 13.9 Å². The summed E-state index contributed by atoms with van der Waals surface area (Å²) in [6.07, 6.45) is 3.38. The predicted octanol–water partition coefficient (Wildman–Crippen LogP) is 3.24. The number of anilines is 1. The summed E-state index contributed by atoms with van der Waals surface area (Å²) >= 11 is 1.30. The molecular formula is C19H20FN5O2S. The molecule has 1 atom stereocenters. The highest BCUT2D eigenvalue weighted by Crippen LogP contribution is 2.27. The topological polar surface area (TPSA) is 81.9 Å². The molecule has 0 spiro atoms. The van der Waals surface area contributed by atoms with Crippen molar-refractivity contribution in [3.05, 3.63) is 54.6 Å². The molecule has 3 rings (SSSR count). The molecular weight excluding hydrogens is 381 g/mol. The van der Waals surface area contributed by atoms with E-state index in [1.807, 2.05) is 16.7 Å². The molecule has 2 aromatic heterocycles. The van der Waals surface area contributed by atoms with Gasteiger partial charge in [-0.3, -0.25) is 14.3 Å². The third kappa shape index (κ3) is 4.93. The van der Waals surface area contributed by atoms with E-state index < -0.39 is 5.25 Å². The van der Waals surface area contributed by atoms with E-state index in [0.29, 0.717) is 29.8 Å². The Hall–Kier alpha value is -2.78. The molecule has 2 heterocycles. The summed E-state index contributed by atoms with van der Waals surface area (Å²) in [4.78, 5) is 16.5. The molecule has 7 nitrogen and oxygen atoms in total. The summed E-state index contributed by atoms with van der Waals surface area (Å²) in [5, 5.41) is 11.5. The van der Waals surface area contributed by atoms with E-state index in [1.165, 1.54) is 36.0 Å². The van der Waals surface area contributed by atoms with Crippen LogP contribution < -0.4 is 5.32 Å². The van der Waals surface area contributed by atoms with Crippen molar-refractivity contribution in [1.29, 1.82) is 0 Å². The summed E-state index contributed by atoms with van der Waals surface area (Å²) in [5.74, 6) is 0.131. The first kappa shape index (κ1) is 20.0. The fraction of sp³-hybridized carbons (Fsp3) is 0.263. The third-order valence-corrected chi connectivity index (χ3v) is 5.02. The third-order valence-electron chi connectivity index (χ3n) is 3.94. The fourth-order valence-electron chi connectivity index (χ4n) is 2.46. The van der Waals surface area contributed by atoms with Crippen molar-refractivity contribution in [1.82, 2.24) is 19.7 Å². The maximum absolute atomic E-state index is 13.0. The van der Waals surface area contributed by atoms with Crippen LogP contribution in [0.4, 0.5) is 10.1 Å². The van der Waals surface area contributed by atoms with E-state index in [2.05, 4.69) is 20.5 Å². The average Bonchev–Trinajstić information content (AvgIpc) is 3.11. The number of rotatable bonds is 8. The lowest BCUT2D eigenvalue weighted by Crippen LogP contribution is -2.23. The molecule has 1 N–H and O–H groups in total. The van der Waals surface area contributed by atoms with Crippen LogP contribution in [-0.4, -0.2) is 44.6 Å². The second-order valence-electron chi connectivity index (χ2n) is 5.94. The number of carbonyl (C=O) groups excluding carboxylic acids is 1. The normalized spacial score (nSPS) is 12.0. The van der Waals surface area contributed by atoms with Crippen LogP contribution in [0.5, 0.6) is 0 Å². The van der Waals surface area contributed by atoms with Gasteiger partial charge in [-0.1, -0.05) is 11.8 Å². The standard InChI is InChI=1S/C19H20FN5O2S/c1-13(18(26)22-16-5-3-15(20)4-6-16)28-19-24-23-17(25(19)11-12-27-2)14-7-9-21-10-8-14/h3-10,13H,11-12H2,1-2H3,(H,22,26)/t13-/m1/s1. The zero-order valence-corrected chi connectivity index (χ0v) is 16.3. The molecule has 0 fully saturated rings. The minimum atomic E-state index is -0.430. The molecule has 146 valence electrons. The monoisotopic (exact) mass is 401 g/mol. The number of ether oxygens (including phenoxy) is 1. The van der Waals surface area contributed by atoms with E-state index in [-0.39, 0.29) is 11.7 Å². The number of hydrogen-bond acceptors (Lipinski definition) is 6. The number of benzene rings is 1. The van der Waals surface area contributed by atoms with Gasteiger partial charge in [0, 0.05) is 30.8 Å². The summed E-state index contributed by atoms with van der Waals surface area (Å²) in [7, 11) is 1.63. The van der Waals surface area contributed by atoms with Crippen molar-refractivity contribution in [2.45, 2.75) is 23.9 Å². The van der Waals surface area contributed by atoms with Crippen LogP contribution in [-0.2, 0) is 16.1 Å². The van der Waals surface area contributed by atoms with Gasteiger partial charge < -0.3 is 10.1 Å². The van der Waals surface area contributed by atoms with Crippen molar-refractivity contribution in [3.63, 3.8) is 0 Å². The molecule has 9 heteroatoms. The van der Waals surface area contributed by atoms with E-state index in [4.69, 9.17) is 4.74 Å².